The number of fused-ring (bicyclic) bond motifs is 1. The quantitative estimate of drug-likeness (QED) is 0.487. The van der Waals surface area contributed by atoms with Gasteiger partial charge in [-0.2, -0.15) is 0 Å². The van der Waals surface area contributed by atoms with Gasteiger partial charge in [-0.3, -0.25) is 9.59 Å². The molecule has 1 N–H and O–H groups in total. The topological polar surface area (TPSA) is 85.3 Å². The van der Waals surface area contributed by atoms with Crippen molar-refractivity contribution in [2.24, 2.45) is 0 Å². The van der Waals surface area contributed by atoms with Crippen LogP contribution in [0.4, 0.5) is 0 Å². The van der Waals surface area contributed by atoms with E-state index >= 15 is 0 Å². The number of methoxy groups -OCH3 is 1. The van der Waals surface area contributed by atoms with E-state index in [1.165, 1.54) is 12.0 Å². The fraction of sp³-hybridized carbons (Fsp3) is 0.238. The van der Waals surface area contributed by atoms with Gasteiger partial charge in [0.15, 0.2) is 11.5 Å². The maximum atomic E-state index is 12.8. The summed E-state index contributed by atoms with van der Waals surface area (Å²) in [4.78, 5) is 26.9. The predicted octanol–water partition coefficient (Wildman–Crippen LogP) is 2.48. The van der Waals surface area contributed by atoms with Crippen LogP contribution < -0.4 is 9.47 Å². The number of aliphatic hydroxyl groups excluding tert-OH is 1. The third-order valence-electron chi connectivity index (χ3n) is 4.84. The number of hydrogen-bond acceptors (Lipinski definition) is 6. The minimum Gasteiger partial charge on any atom is -0.507 e. The first-order chi connectivity index (χ1) is 13.6. The van der Waals surface area contributed by atoms with Crippen LogP contribution in [0.1, 0.15) is 17.2 Å². The van der Waals surface area contributed by atoms with Gasteiger partial charge >= 0.3 is 0 Å². The molecule has 1 fully saturated rings. The highest BCUT2D eigenvalue weighted by atomic mass is 16.7. The summed E-state index contributed by atoms with van der Waals surface area (Å²) in [6.45, 7) is 0.595. The Morgan fingerprint density at radius 2 is 1.89 bits per heavy atom. The Kier molecular flexibility index (Phi) is 4.75. The number of hydrogen-bond donors (Lipinski definition) is 1. The second kappa shape index (κ2) is 7.36. The van der Waals surface area contributed by atoms with E-state index in [9.17, 15) is 14.7 Å². The number of ether oxygens (including phenoxy) is 3. The minimum atomic E-state index is -0.746. The highest BCUT2D eigenvalue weighted by Crippen LogP contribution is 2.42. The highest BCUT2D eigenvalue weighted by Gasteiger charge is 2.46. The number of aliphatic hydroxyl groups is 1. The molecule has 1 saturated heterocycles. The van der Waals surface area contributed by atoms with Crippen LogP contribution in [-0.2, 0) is 14.3 Å². The monoisotopic (exact) mass is 381 g/mol. The van der Waals surface area contributed by atoms with Crippen molar-refractivity contribution in [2.75, 3.05) is 27.1 Å². The summed E-state index contributed by atoms with van der Waals surface area (Å²) in [6.07, 6.45) is 0. The first kappa shape index (κ1) is 18.1. The number of rotatable bonds is 5. The van der Waals surface area contributed by atoms with Crippen LogP contribution in [0, 0.1) is 0 Å². The Bertz CT molecular complexity index is 953. The molecule has 2 heterocycles. The fourth-order valence-electron chi connectivity index (χ4n) is 3.48. The molecule has 2 aliphatic rings. The Morgan fingerprint density at radius 1 is 1.14 bits per heavy atom. The lowest BCUT2D eigenvalue weighted by molar-refractivity contribution is -0.140. The van der Waals surface area contributed by atoms with Crippen molar-refractivity contribution in [3.05, 3.63) is 65.2 Å². The zero-order valence-electron chi connectivity index (χ0n) is 15.3. The third-order valence-corrected chi connectivity index (χ3v) is 4.84. The largest absolute Gasteiger partial charge is 0.507 e. The van der Waals surface area contributed by atoms with Gasteiger partial charge in [-0.25, -0.2) is 0 Å². The van der Waals surface area contributed by atoms with Crippen LogP contribution in [-0.4, -0.2) is 48.8 Å². The summed E-state index contributed by atoms with van der Waals surface area (Å²) in [5.74, 6) is -0.464. The van der Waals surface area contributed by atoms with Gasteiger partial charge < -0.3 is 24.2 Å². The number of carbonyl (C=O) groups is 2. The molecule has 4 rings (SSSR count). The average molecular weight is 381 g/mol. The van der Waals surface area contributed by atoms with Gasteiger partial charge in [0, 0.05) is 19.2 Å². The van der Waals surface area contributed by atoms with E-state index in [1.54, 1.807) is 42.5 Å². The Labute approximate surface area is 161 Å². The predicted molar refractivity (Wildman–Crippen MR) is 99.9 cm³/mol. The molecule has 1 atom stereocenters. The minimum absolute atomic E-state index is 0.0474. The fourth-order valence-corrected chi connectivity index (χ4v) is 3.48. The number of likely N-dealkylation sites (tertiary alicyclic amines) is 1. The van der Waals surface area contributed by atoms with E-state index in [0.717, 1.165) is 0 Å². The van der Waals surface area contributed by atoms with E-state index in [2.05, 4.69) is 0 Å². The molecule has 7 heteroatoms. The average Bonchev–Trinajstić information content (AvgIpc) is 3.29. The summed E-state index contributed by atoms with van der Waals surface area (Å²) < 4.78 is 15.9. The Morgan fingerprint density at radius 3 is 2.64 bits per heavy atom. The number of ketones is 1. The molecule has 0 unspecified atom stereocenters. The van der Waals surface area contributed by atoms with E-state index < -0.39 is 17.7 Å². The van der Waals surface area contributed by atoms with E-state index in [4.69, 9.17) is 14.2 Å². The van der Waals surface area contributed by atoms with Crippen molar-refractivity contribution in [3.63, 3.8) is 0 Å². The Hall–Kier alpha value is -3.32. The molecule has 28 heavy (non-hydrogen) atoms. The van der Waals surface area contributed by atoms with E-state index in [-0.39, 0.29) is 31.3 Å². The van der Waals surface area contributed by atoms with Crippen molar-refractivity contribution in [3.8, 4) is 11.5 Å². The highest BCUT2D eigenvalue weighted by molar-refractivity contribution is 6.46. The van der Waals surface area contributed by atoms with Crippen molar-refractivity contribution in [1.82, 2.24) is 4.90 Å². The summed E-state index contributed by atoms with van der Waals surface area (Å²) in [7, 11) is 1.52. The molecule has 1 amide bonds. The maximum Gasteiger partial charge on any atom is 0.295 e. The van der Waals surface area contributed by atoms with E-state index in [0.29, 0.717) is 22.6 Å². The molecule has 0 radical (unpaired) electrons. The lowest BCUT2D eigenvalue weighted by atomic mass is 9.95. The van der Waals surface area contributed by atoms with Gasteiger partial charge in [-0.1, -0.05) is 36.4 Å². The number of amides is 1. The van der Waals surface area contributed by atoms with Crippen molar-refractivity contribution in [1.29, 1.82) is 0 Å². The van der Waals surface area contributed by atoms with Crippen LogP contribution in [0.2, 0.25) is 0 Å². The van der Waals surface area contributed by atoms with Crippen molar-refractivity contribution < 1.29 is 28.9 Å². The molecule has 0 spiro atoms. The lowest BCUT2D eigenvalue weighted by Crippen LogP contribution is -2.32. The SMILES string of the molecule is COCCN1C(=O)C(=O)C(=C(O)c2ccccc2)[C@@H]1c1ccc2c(c1)OCO2. The summed E-state index contributed by atoms with van der Waals surface area (Å²) in [5, 5.41) is 10.9. The number of benzene rings is 2. The first-order valence-electron chi connectivity index (χ1n) is 8.84. The van der Waals surface area contributed by atoms with Gasteiger partial charge in [0.1, 0.15) is 5.76 Å². The Balaban J connectivity index is 1.85. The normalized spacial score (nSPS) is 20.0. The van der Waals surface area contributed by atoms with Crippen LogP contribution in [0.3, 0.4) is 0 Å². The summed E-state index contributed by atoms with van der Waals surface area (Å²) >= 11 is 0. The lowest BCUT2D eigenvalue weighted by Gasteiger charge is -2.25. The summed E-state index contributed by atoms with van der Waals surface area (Å²) in [5.41, 5.74) is 1.17. The van der Waals surface area contributed by atoms with Crippen LogP contribution in [0.15, 0.2) is 54.1 Å². The van der Waals surface area contributed by atoms with Crippen LogP contribution in [0.5, 0.6) is 11.5 Å². The van der Waals surface area contributed by atoms with Gasteiger partial charge in [-0.15, -0.1) is 0 Å². The molecule has 2 aromatic rings. The second-order valence-electron chi connectivity index (χ2n) is 6.46. The van der Waals surface area contributed by atoms with Gasteiger partial charge in [0.25, 0.3) is 11.7 Å². The van der Waals surface area contributed by atoms with Crippen LogP contribution >= 0.6 is 0 Å². The molecule has 2 aliphatic heterocycles. The molecular formula is C21H19NO6. The summed E-state index contributed by atoms with van der Waals surface area (Å²) in [6, 6.07) is 13.2. The number of Topliss-reactive ketones (excluding diaryl/α,β-unsaturated/α-hetero) is 1. The maximum absolute atomic E-state index is 12.8. The second-order valence-corrected chi connectivity index (χ2v) is 6.46. The van der Waals surface area contributed by atoms with E-state index in [1.807, 2.05) is 6.07 Å². The van der Waals surface area contributed by atoms with Gasteiger partial charge in [-0.05, 0) is 17.7 Å². The van der Waals surface area contributed by atoms with Crippen molar-refractivity contribution >= 4 is 17.4 Å². The number of nitrogens with zero attached hydrogens (tertiary/aromatic N) is 1. The first-order valence-corrected chi connectivity index (χ1v) is 8.84. The molecule has 144 valence electrons. The molecule has 2 aromatic carbocycles. The molecule has 0 aliphatic carbocycles. The van der Waals surface area contributed by atoms with Gasteiger partial charge in [0.05, 0.1) is 18.2 Å². The third kappa shape index (κ3) is 2.99. The smallest absolute Gasteiger partial charge is 0.295 e. The molecule has 0 saturated carbocycles. The molecule has 0 aromatic heterocycles. The molecular weight excluding hydrogens is 362 g/mol. The molecule has 7 nitrogen and oxygen atoms in total. The zero-order chi connectivity index (χ0) is 19.7. The standard InChI is InChI=1S/C21H19NO6/c1-26-10-9-22-18(14-7-8-15-16(11-14)28-12-27-15)17(20(24)21(22)25)19(23)13-5-3-2-4-6-13/h2-8,11,18,23H,9-10,12H2,1H3/t18-/m0/s1. The zero-order valence-corrected chi connectivity index (χ0v) is 15.3. The number of carbonyl (C=O) groups excluding carboxylic acids is 2. The van der Waals surface area contributed by atoms with Gasteiger partial charge in [0.2, 0.25) is 6.79 Å². The van der Waals surface area contributed by atoms with Crippen LogP contribution in [0.25, 0.3) is 5.76 Å². The van der Waals surface area contributed by atoms with Crippen molar-refractivity contribution in [2.45, 2.75) is 6.04 Å². The molecule has 0 bridgehead atoms.